The second-order valence-corrected chi connectivity index (χ2v) is 20.3. The van der Waals surface area contributed by atoms with Crippen LogP contribution < -0.4 is 5.32 Å². The molecule has 0 aromatic rings. The Labute approximate surface area is 423 Å². The minimum Gasteiger partial charge on any atom is -0.466 e. The number of aliphatic hydroxyl groups excluding tert-OH is 2. The van der Waals surface area contributed by atoms with E-state index in [0.717, 1.165) is 51.4 Å². The summed E-state index contributed by atoms with van der Waals surface area (Å²) in [5, 5.41) is 23.0. The van der Waals surface area contributed by atoms with Crippen LogP contribution in [0.15, 0.2) is 48.6 Å². The van der Waals surface area contributed by atoms with Gasteiger partial charge in [0.2, 0.25) is 5.91 Å². The third-order valence-electron chi connectivity index (χ3n) is 13.6. The van der Waals surface area contributed by atoms with Gasteiger partial charge in [-0.1, -0.05) is 255 Å². The SMILES string of the molecule is CCCCCCC/C=C\CCCCCCCC(=O)OCCCCCCCCCCC/C=C\C/C=C\CCCCCCCCCCCC(=O)NC(CO)C(O)/C=C/CCCCCCCCCCCC. The van der Waals surface area contributed by atoms with Crippen LogP contribution in [0.3, 0.4) is 0 Å². The van der Waals surface area contributed by atoms with Gasteiger partial charge in [-0.25, -0.2) is 0 Å². The zero-order valence-corrected chi connectivity index (χ0v) is 45.3. The van der Waals surface area contributed by atoms with Gasteiger partial charge in [-0.05, 0) is 89.9 Å². The minimum atomic E-state index is -0.848. The average Bonchev–Trinajstić information content (AvgIpc) is 3.34. The zero-order valence-electron chi connectivity index (χ0n) is 45.3. The first-order valence-corrected chi connectivity index (χ1v) is 29.9. The standard InChI is InChI=1S/C62H115NO5/c1-3-5-7-9-11-13-15-17-32-36-40-44-48-52-56-62(67)68-57-53-49-45-41-37-33-30-28-26-24-22-20-18-19-21-23-25-27-29-31-35-39-43-47-51-55-61(66)63-59(58-64)60(65)54-50-46-42-38-34-16-14-12-10-8-6-4-2/h15,17,19-22,50,54,59-60,64-65H,3-14,16,18,23-49,51-53,55-58H2,1-2H3,(H,63,66)/b17-15-,21-19-,22-20-,54-50+. The monoisotopic (exact) mass is 954 g/mol. The van der Waals surface area contributed by atoms with Gasteiger partial charge in [0.25, 0.3) is 0 Å². The van der Waals surface area contributed by atoms with E-state index < -0.39 is 12.1 Å². The fraction of sp³-hybridized carbons (Fsp3) is 0.839. The van der Waals surface area contributed by atoms with E-state index in [0.29, 0.717) is 19.4 Å². The predicted octanol–water partition coefficient (Wildman–Crippen LogP) is 18.6. The molecule has 0 aliphatic heterocycles. The largest absolute Gasteiger partial charge is 0.466 e. The first-order valence-electron chi connectivity index (χ1n) is 29.9. The van der Waals surface area contributed by atoms with Crippen molar-refractivity contribution in [1.29, 1.82) is 0 Å². The molecule has 6 nitrogen and oxygen atoms in total. The van der Waals surface area contributed by atoms with Gasteiger partial charge in [0.1, 0.15) is 0 Å². The van der Waals surface area contributed by atoms with Crippen molar-refractivity contribution in [2.45, 2.75) is 321 Å². The topological polar surface area (TPSA) is 95.9 Å². The maximum Gasteiger partial charge on any atom is 0.305 e. The normalized spacial score (nSPS) is 12.9. The Hall–Kier alpha value is -2.18. The fourth-order valence-electron chi connectivity index (χ4n) is 8.95. The lowest BCUT2D eigenvalue weighted by Gasteiger charge is -2.20. The van der Waals surface area contributed by atoms with E-state index in [1.807, 2.05) is 6.08 Å². The molecule has 68 heavy (non-hydrogen) atoms. The van der Waals surface area contributed by atoms with E-state index in [-0.39, 0.29) is 18.5 Å². The number of hydrogen-bond donors (Lipinski definition) is 3. The van der Waals surface area contributed by atoms with Crippen LogP contribution in [0.25, 0.3) is 0 Å². The van der Waals surface area contributed by atoms with Crippen LogP contribution in [0.4, 0.5) is 0 Å². The van der Waals surface area contributed by atoms with Gasteiger partial charge < -0.3 is 20.3 Å². The van der Waals surface area contributed by atoms with Crippen LogP contribution >= 0.6 is 0 Å². The van der Waals surface area contributed by atoms with E-state index in [4.69, 9.17) is 4.74 Å². The van der Waals surface area contributed by atoms with E-state index in [1.165, 1.54) is 231 Å². The molecule has 0 bridgehead atoms. The summed E-state index contributed by atoms with van der Waals surface area (Å²) < 4.78 is 5.47. The predicted molar refractivity (Wildman–Crippen MR) is 296 cm³/mol. The Kier molecular flexibility index (Phi) is 55.6. The molecule has 0 aliphatic carbocycles. The van der Waals surface area contributed by atoms with Crippen LogP contribution in [0, 0.1) is 0 Å². The van der Waals surface area contributed by atoms with Crippen molar-refractivity contribution in [2.24, 2.45) is 0 Å². The number of esters is 1. The lowest BCUT2D eigenvalue weighted by Crippen LogP contribution is -2.45. The first-order chi connectivity index (χ1) is 33.5. The Morgan fingerprint density at radius 1 is 0.412 bits per heavy atom. The number of aliphatic hydroxyl groups is 2. The quantitative estimate of drug-likeness (QED) is 0.0321. The van der Waals surface area contributed by atoms with Gasteiger partial charge in [-0.2, -0.15) is 0 Å². The molecule has 0 rings (SSSR count). The van der Waals surface area contributed by atoms with Crippen molar-refractivity contribution in [3.05, 3.63) is 48.6 Å². The van der Waals surface area contributed by atoms with Gasteiger partial charge in [-0.3, -0.25) is 9.59 Å². The van der Waals surface area contributed by atoms with Gasteiger partial charge in [0.15, 0.2) is 0 Å². The summed E-state index contributed by atoms with van der Waals surface area (Å²) in [6, 6.07) is -0.632. The Balaban J connectivity index is 3.45. The first kappa shape index (κ1) is 65.8. The van der Waals surface area contributed by atoms with Crippen LogP contribution in [-0.2, 0) is 14.3 Å². The Bertz CT molecular complexity index is 1150. The van der Waals surface area contributed by atoms with E-state index in [9.17, 15) is 19.8 Å². The van der Waals surface area contributed by atoms with Gasteiger partial charge in [0.05, 0.1) is 25.4 Å². The summed E-state index contributed by atoms with van der Waals surface area (Å²) >= 11 is 0. The Morgan fingerprint density at radius 3 is 1.13 bits per heavy atom. The minimum absolute atomic E-state index is 0.000539. The molecule has 398 valence electrons. The number of ether oxygens (including phenoxy) is 1. The lowest BCUT2D eigenvalue weighted by atomic mass is 10.0. The summed E-state index contributed by atoms with van der Waals surface area (Å²) in [6.07, 6.45) is 72.9. The van der Waals surface area contributed by atoms with Crippen molar-refractivity contribution in [3.8, 4) is 0 Å². The van der Waals surface area contributed by atoms with Gasteiger partial charge in [-0.15, -0.1) is 0 Å². The molecular weight excluding hydrogens is 839 g/mol. The van der Waals surface area contributed by atoms with E-state index >= 15 is 0 Å². The number of carbonyl (C=O) groups is 2. The molecule has 0 heterocycles. The molecule has 2 unspecified atom stereocenters. The molecular formula is C62H115NO5. The van der Waals surface area contributed by atoms with Crippen molar-refractivity contribution < 1.29 is 24.5 Å². The Morgan fingerprint density at radius 2 is 0.735 bits per heavy atom. The molecule has 0 spiro atoms. The summed E-state index contributed by atoms with van der Waals surface area (Å²) in [7, 11) is 0. The smallest absolute Gasteiger partial charge is 0.305 e. The van der Waals surface area contributed by atoms with Crippen LogP contribution in [-0.4, -0.2) is 47.4 Å². The molecule has 3 N–H and O–H groups in total. The summed E-state index contributed by atoms with van der Waals surface area (Å²) in [4.78, 5) is 24.5. The van der Waals surface area contributed by atoms with Crippen molar-refractivity contribution >= 4 is 11.9 Å². The summed E-state index contributed by atoms with van der Waals surface area (Å²) in [5.41, 5.74) is 0. The molecule has 2 atom stereocenters. The highest BCUT2D eigenvalue weighted by molar-refractivity contribution is 5.76. The van der Waals surface area contributed by atoms with Crippen LogP contribution in [0.2, 0.25) is 0 Å². The van der Waals surface area contributed by atoms with Crippen LogP contribution in [0.5, 0.6) is 0 Å². The van der Waals surface area contributed by atoms with Crippen molar-refractivity contribution in [2.75, 3.05) is 13.2 Å². The second-order valence-electron chi connectivity index (χ2n) is 20.3. The third-order valence-corrected chi connectivity index (χ3v) is 13.6. The number of nitrogens with one attached hydrogen (secondary N) is 1. The number of unbranched alkanes of at least 4 members (excludes halogenated alkanes) is 38. The highest BCUT2D eigenvalue weighted by Gasteiger charge is 2.18. The maximum atomic E-state index is 12.4. The molecule has 6 heteroatoms. The number of allylic oxidation sites excluding steroid dienone is 7. The van der Waals surface area contributed by atoms with E-state index in [1.54, 1.807) is 6.08 Å². The van der Waals surface area contributed by atoms with Crippen molar-refractivity contribution in [1.82, 2.24) is 5.32 Å². The molecule has 0 saturated carbocycles. The van der Waals surface area contributed by atoms with Crippen molar-refractivity contribution in [3.63, 3.8) is 0 Å². The molecule has 1 amide bonds. The highest BCUT2D eigenvalue weighted by atomic mass is 16.5. The molecule has 0 fully saturated rings. The number of rotatable bonds is 55. The molecule has 0 aromatic carbocycles. The molecule has 0 saturated heterocycles. The molecule has 0 aliphatic rings. The molecule has 0 radical (unpaired) electrons. The van der Waals surface area contributed by atoms with Crippen LogP contribution in [0.1, 0.15) is 309 Å². The lowest BCUT2D eigenvalue weighted by molar-refractivity contribution is -0.143. The summed E-state index contributed by atoms with van der Waals surface area (Å²) in [5.74, 6) is -0.0758. The van der Waals surface area contributed by atoms with Gasteiger partial charge in [0, 0.05) is 12.8 Å². The summed E-state index contributed by atoms with van der Waals surface area (Å²) in [6.45, 7) is 4.88. The number of hydrogen-bond acceptors (Lipinski definition) is 5. The van der Waals surface area contributed by atoms with E-state index in [2.05, 4.69) is 55.6 Å². The number of carbonyl (C=O) groups excluding carboxylic acids is 2. The zero-order chi connectivity index (χ0) is 49.3. The fourth-order valence-corrected chi connectivity index (χ4v) is 8.95. The highest BCUT2D eigenvalue weighted by Crippen LogP contribution is 2.16. The third kappa shape index (κ3) is 53.2. The number of amides is 1. The molecule has 0 aromatic heterocycles. The average molecular weight is 955 g/mol. The van der Waals surface area contributed by atoms with Gasteiger partial charge >= 0.3 is 5.97 Å². The maximum absolute atomic E-state index is 12.4. The second kappa shape index (κ2) is 57.4.